The normalized spacial score (nSPS) is 21.4. The minimum absolute atomic E-state index is 0.104. The first-order valence-corrected chi connectivity index (χ1v) is 8.78. The highest BCUT2D eigenvalue weighted by molar-refractivity contribution is 7.89. The van der Waals surface area contributed by atoms with E-state index < -0.39 is 15.9 Å². The number of sulfonamides is 1. The van der Waals surface area contributed by atoms with Gasteiger partial charge in [-0.05, 0) is 32.6 Å². The van der Waals surface area contributed by atoms with Crippen molar-refractivity contribution < 1.29 is 13.2 Å². The second-order valence-corrected chi connectivity index (χ2v) is 7.85. The molecule has 2 saturated carbocycles. The van der Waals surface area contributed by atoms with E-state index in [0.717, 1.165) is 38.5 Å². The number of amides is 1. The summed E-state index contributed by atoms with van der Waals surface area (Å²) >= 11 is 0. The van der Waals surface area contributed by atoms with Crippen LogP contribution in [-0.2, 0) is 10.0 Å². The van der Waals surface area contributed by atoms with Crippen molar-refractivity contribution in [3.05, 3.63) is 11.4 Å². The fourth-order valence-electron chi connectivity index (χ4n) is 3.05. The van der Waals surface area contributed by atoms with Gasteiger partial charge in [0.25, 0.3) is 5.91 Å². The molecule has 0 spiro atoms. The van der Waals surface area contributed by atoms with Gasteiger partial charge in [0.1, 0.15) is 4.90 Å². The van der Waals surface area contributed by atoms with Crippen LogP contribution in [0.3, 0.4) is 0 Å². The van der Waals surface area contributed by atoms with E-state index in [0.29, 0.717) is 5.69 Å². The SMILES string of the molecule is CC1(NC(=O)c2n[nH]c(C3CC3)c2S(N)(=O)=O)CCCC1. The van der Waals surface area contributed by atoms with Gasteiger partial charge in [-0.3, -0.25) is 9.89 Å². The Morgan fingerprint density at radius 1 is 1.38 bits per heavy atom. The highest BCUT2D eigenvalue weighted by atomic mass is 32.2. The molecular weight excluding hydrogens is 292 g/mol. The van der Waals surface area contributed by atoms with Crippen molar-refractivity contribution in [3.8, 4) is 0 Å². The fourth-order valence-corrected chi connectivity index (χ4v) is 3.98. The van der Waals surface area contributed by atoms with Crippen LogP contribution < -0.4 is 10.5 Å². The Bertz CT molecular complexity index is 670. The molecule has 2 aliphatic carbocycles. The Kier molecular flexibility index (Phi) is 3.32. The zero-order chi connectivity index (χ0) is 15.3. The molecule has 1 heterocycles. The van der Waals surface area contributed by atoms with E-state index in [1.165, 1.54) is 0 Å². The van der Waals surface area contributed by atoms with Gasteiger partial charge < -0.3 is 5.32 Å². The summed E-state index contributed by atoms with van der Waals surface area (Å²) < 4.78 is 23.7. The largest absolute Gasteiger partial charge is 0.345 e. The van der Waals surface area contributed by atoms with Crippen LogP contribution in [0, 0.1) is 0 Å². The van der Waals surface area contributed by atoms with Crippen molar-refractivity contribution in [2.75, 3.05) is 0 Å². The highest BCUT2D eigenvalue weighted by Crippen LogP contribution is 2.42. The van der Waals surface area contributed by atoms with Crippen molar-refractivity contribution in [2.24, 2.45) is 5.14 Å². The first-order valence-electron chi connectivity index (χ1n) is 7.24. The van der Waals surface area contributed by atoms with E-state index in [9.17, 15) is 13.2 Å². The zero-order valence-corrected chi connectivity index (χ0v) is 12.8. The second kappa shape index (κ2) is 4.81. The molecule has 21 heavy (non-hydrogen) atoms. The summed E-state index contributed by atoms with van der Waals surface area (Å²) in [7, 11) is -3.98. The van der Waals surface area contributed by atoms with Crippen LogP contribution in [0.25, 0.3) is 0 Å². The highest BCUT2D eigenvalue weighted by Gasteiger charge is 2.38. The van der Waals surface area contributed by atoms with Gasteiger partial charge >= 0.3 is 0 Å². The molecule has 4 N–H and O–H groups in total. The third kappa shape index (κ3) is 2.82. The summed E-state index contributed by atoms with van der Waals surface area (Å²) in [6.45, 7) is 1.98. The maximum Gasteiger partial charge on any atom is 0.273 e. The van der Waals surface area contributed by atoms with Crippen LogP contribution in [0.1, 0.15) is 67.5 Å². The summed E-state index contributed by atoms with van der Waals surface area (Å²) in [5, 5.41) is 14.8. The number of aromatic nitrogens is 2. The lowest BCUT2D eigenvalue weighted by Gasteiger charge is -2.24. The number of hydrogen-bond donors (Lipinski definition) is 3. The molecule has 1 amide bonds. The van der Waals surface area contributed by atoms with Crippen molar-refractivity contribution in [1.82, 2.24) is 15.5 Å². The summed E-state index contributed by atoms with van der Waals surface area (Å²) in [6.07, 6.45) is 5.69. The van der Waals surface area contributed by atoms with Crippen LogP contribution in [0.2, 0.25) is 0 Å². The Hall–Kier alpha value is -1.41. The van der Waals surface area contributed by atoms with E-state index in [-0.39, 0.29) is 22.0 Å². The first-order chi connectivity index (χ1) is 9.80. The number of carbonyl (C=O) groups excluding carboxylic acids is 1. The lowest BCUT2D eigenvalue weighted by molar-refractivity contribution is 0.0899. The Labute approximate surface area is 123 Å². The third-order valence-corrected chi connectivity index (χ3v) is 5.34. The number of rotatable bonds is 4. The van der Waals surface area contributed by atoms with Gasteiger partial charge in [0, 0.05) is 11.5 Å². The molecule has 0 atom stereocenters. The summed E-state index contributed by atoms with van der Waals surface area (Å²) in [4.78, 5) is 12.3. The molecule has 0 aromatic carbocycles. The molecule has 8 heteroatoms. The predicted octanol–water partition coefficient (Wildman–Crippen LogP) is 0.997. The monoisotopic (exact) mass is 312 g/mol. The molecule has 2 fully saturated rings. The van der Waals surface area contributed by atoms with Gasteiger partial charge in [-0.25, -0.2) is 13.6 Å². The molecule has 1 aromatic rings. The van der Waals surface area contributed by atoms with Gasteiger partial charge in [0.05, 0.1) is 5.69 Å². The van der Waals surface area contributed by atoms with E-state index in [4.69, 9.17) is 5.14 Å². The number of nitrogens with zero attached hydrogens (tertiary/aromatic N) is 1. The number of primary sulfonamides is 1. The summed E-state index contributed by atoms with van der Waals surface area (Å²) in [5.41, 5.74) is 0.0811. The van der Waals surface area contributed by atoms with Crippen LogP contribution in [0.15, 0.2) is 4.90 Å². The number of carbonyl (C=O) groups is 1. The van der Waals surface area contributed by atoms with Gasteiger partial charge in [0.15, 0.2) is 5.69 Å². The quantitative estimate of drug-likeness (QED) is 0.768. The number of nitrogens with one attached hydrogen (secondary N) is 2. The van der Waals surface area contributed by atoms with Gasteiger partial charge in [-0.2, -0.15) is 5.10 Å². The maximum atomic E-state index is 12.4. The van der Waals surface area contributed by atoms with Gasteiger partial charge in [-0.15, -0.1) is 0 Å². The molecule has 0 radical (unpaired) electrons. The molecule has 0 unspecified atom stereocenters. The number of H-pyrrole nitrogens is 1. The molecule has 0 aliphatic heterocycles. The maximum absolute atomic E-state index is 12.4. The van der Waals surface area contributed by atoms with Gasteiger partial charge in [-0.1, -0.05) is 12.8 Å². The minimum atomic E-state index is -3.98. The number of hydrogen-bond acceptors (Lipinski definition) is 4. The lowest BCUT2D eigenvalue weighted by atomic mass is 10.0. The lowest BCUT2D eigenvalue weighted by Crippen LogP contribution is -2.44. The molecule has 1 aromatic heterocycles. The van der Waals surface area contributed by atoms with E-state index in [1.807, 2.05) is 6.92 Å². The number of aromatic amines is 1. The average Bonchev–Trinajstić information content (AvgIpc) is 2.96. The summed E-state index contributed by atoms with van der Waals surface area (Å²) in [5.74, 6) is -0.346. The average molecular weight is 312 g/mol. The predicted molar refractivity (Wildman–Crippen MR) is 76.3 cm³/mol. The molecule has 0 bridgehead atoms. The molecule has 0 saturated heterocycles. The molecule has 2 aliphatic rings. The Balaban J connectivity index is 1.93. The Morgan fingerprint density at radius 2 is 2.00 bits per heavy atom. The topological polar surface area (TPSA) is 118 Å². The zero-order valence-electron chi connectivity index (χ0n) is 12.0. The van der Waals surface area contributed by atoms with Gasteiger partial charge in [0.2, 0.25) is 10.0 Å². The first kappa shape index (κ1) is 14.5. The molecular formula is C13H20N4O3S. The molecule has 3 rings (SSSR count). The van der Waals surface area contributed by atoms with Crippen LogP contribution in [-0.4, -0.2) is 30.1 Å². The van der Waals surface area contributed by atoms with Crippen LogP contribution >= 0.6 is 0 Å². The van der Waals surface area contributed by atoms with Crippen molar-refractivity contribution in [3.63, 3.8) is 0 Å². The molecule has 7 nitrogen and oxygen atoms in total. The van der Waals surface area contributed by atoms with Crippen LogP contribution in [0.4, 0.5) is 0 Å². The van der Waals surface area contributed by atoms with E-state index in [1.54, 1.807) is 0 Å². The molecule has 116 valence electrons. The Morgan fingerprint density at radius 3 is 2.52 bits per heavy atom. The standard InChI is InChI=1S/C13H20N4O3S/c1-13(6-2-3-7-13)15-12(18)10-11(21(14,19)20)9(16-17-10)8-4-5-8/h8H,2-7H2,1H3,(H,15,18)(H,16,17)(H2,14,19,20). The third-order valence-electron chi connectivity index (χ3n) is 4.36. The second-order valence-electron chi connectivity index (χ2n) is 6.36. The van der Waals surface area contributed by atoms with E-state index in [2.05, 4.69) is 15.5 Å². The minimum Gasteiger partial charge on any atom is -0.345 e. The van der Waals surface area contributed by atoms with E-state index >= 15 is 0 Å². The smallest absolute Gasteiger partial charge is 0.273 e. The van der Waals surface area contributed by atoms with Crippen molar-refractivity contribution in [1.29, 1.82) is 0 Å². The fraction of sp³-hybridized carbons (Fsp3) is 0.692. The summed E-state index contributed by atoms with van der Waals surface area (Å²) in [6, 6.07) is 0. The van der Waals surface area contributed by atoms with Crippen LogP contribution in [0.5, 0.6) is 0 Å². The number of nitrogens with two attached hydrogens (primary N) is 1. The van der Waals surface area contributed by atoms with Crippen molar-refractivity contribution >= 4 is 15.9 Å². The van der Waals surface area contributed by atoms with Crippen molar-refractivity contribution in [2.45, 2.75) is 61.8 Å².